The van der Waals surface area contributed by atoms with E-state index in [1.807, 2.05) is 6.92 Å². The zero-order chi connectivity index (χ0) is 21.8. The van der Waals surface area contributed by atoms with Crippen LogP contribution in [0.25, 0.3) is 5.65 Å². The number of rotatable bonds is 0. The van der Waals surface area contributed by atoms with Crippen LogP contribution in [0.5, 0.6) is 11.6 Å². The monoisotopic (exact) mass is 438 g/mol. The van der Waals surface area contributed by atoms with Crippen molar-refractivity contribution in [1.29, 1.82) is 0 Å². The molecule has 3 aromatic rings. The highest BCUT2D eigenvalue weighted by atomic mass is 19.1. The highest BCUT2D eigenvalue weighted by Crippen LogP contribution is 2.42. The Balaban J connectivity index is 1.53. The number of fused-ring (bicyclic) bond motifs is 3. The molecule has 5 heterocycles. The lowest BCUT2D eigenvalue weighted by molar-refractivity contribution is 0.0948. The van der Waals surface area contributed by atoms with E-state index in [0.717, 1.165) is 19.3 Å². The molecule has 1 N–H and O–H groups in total. The second-order valence-electron chi connectivity index (χ2n) is 8.63. The molecule has 1 saturated carbocycles. The number of hydrogen-bond donors (Lipinski definition) is 1. The van der Waals surface area contributed by atoms with Crippen LogP contribution in [0.15, 0.2) is 24.7 Å². The Morgan fingerprint density at radius 3 is 3.03 bits per heavy atom. The number of aromatic nitrogens is 4. The first-order valence-corrected chi connectivity index (χ1v) is 11.0. The van der Waals surface area contributed by atoms with Crippen molar-refractivity contribution in [2.45, 2.75) is 57.4 Å². The van der Waals surface area contributed by atoms with Gasteiger partial charge in [0.05, 0.1) is 37.3 Å². The summed E-state index contributed by atoms with van der Waals surface area (Å²) in [4.78, 5) is 24.0. The molecule has 2 bridgehead atoms. The zero-order valence-corrected chi connectivity index (χ0v) is 17.6. The predicted molar refractivity (Wildman–Crippen MR) is 112 cm³/mol. The lowest BCUT2D eigenvalue weighted by atomic mass is 10.1. The highest BCUT2D eigenvalue weighted by Gasteiger charge is 2.41. The molecule has 0 saturated heterocycles. The quantitative estimate of drug-likeness (QED) is 0.576. The predicted octanol–water partition coefficient (Wildman–Crippen LogP) is 2.48. The van der Waals surface area contributed by atoms with Crippen LogP contribution in [-0.4, -0.2) is 50.3 Å². The lowest BCUT2D eigenvalue weighted by Gasteiger charge is -2.39. The number of nitrogens with zero attached hydrogens (tertiary/aromatic N) is 5. The number of ether oxygens (including phenoxy) is 2. The van der Waals surface area contributed by atoms with Gasteiger partial charge in [0.25, 0.3) is 5.91 Å². The van der Waals surface area contributed by atoms with Crippen molar-refractivity contribution in [1.82, 2.24) is 24.9 Å². The minimum Gasteiger partial charge on any atom is -0.483 e. The molecule has 166 valence electrons. The topological polar surface area (TPSA) is 93.9 Å². The van der Waals surface area contributed by atoms with E-state index >= 15 is 0 Å². The maximum Gasteiger partial charge on any atom is 0.256 e. The Morgan fingerprint density at radius 2 is 2.12 bits per heavy atom. The molecule has 3 atom stereocenters. The summed E-state index contributed by atoms with van der Waals surface area (Å²) in [7, 11) is 0. The normalized spacial score (nSPS) is 24.9. The van der Waals surface area contributed by atoms with Gasteiger partial charge in [-0.05, 0) is 32.3 Å². The Morgan fingerprint density at radius 1 is 1.22 bits per heavy atom. The van der Waals surface area contributed by atoms with Crippen molar-refractivity contribution in [2.75, 3.05) is 11.4 Å². The maximum atomic E-state index is 14.2. The zero-order valence-electron chi connectivity index (χ0n) is 17.6. The number of hydrogen-bond acceptors (Lipinski definition) is 7. The van der Waals surface area contributed by atoms with E-state index in [9.17, 15) is 9.18 Å². The standard InChI is InChI=1S/C22H23FN6O3/c1-12-5-6-24-21(30)15-9-26-29-11-18-20(27-19(15)29)28(16-3-2-4-17(16)32-18)10-13-7-14(23)8-25-22(13)31-12/h7-9,11-12,16-17H,2-6,10H2,1H3,(H,24,30)/t12-,16+,17-/m0/s1. The third-order valence-electron chi connectivity index (χ3n) is 6.44. The summed E-state index contributed by atoms with van der Waals surface area (Å²) in [6.45, 7) is 2.70. The summed E-state index contributed by atoms with van der Waals surface area (Å²) in [5.41, 5.74) is 1.53. The van der Waals surface area contributed by atoms with E-state index in [-0.39, 0.29) is 24.2 Å². The fourth-order valence-corrected chi connectivity index (χ4v) is 4.85. The van der Waals surface area contributed by atoms with Crippen LogP contribution in [0.1, 0.15) is 48.5 Å². The molecule has 3 aromatic heterocycles. The minimum absolute atomic E-state index is 0.0174. The molecule has 9 nitrogen and oxygen atoms in total. The number of amides is 1. The van der Waals surface area contributed by atoms with Crippen LogP contribution in [0.3, 0.4) is 0 Å². The van der Waals surface area contributed by atoms with Gasteiger partial charge in [0.15, 0.2) is 17.2 Å². The summed E-state index contributed by atoms with van der Waals surface area (Å²) in [5, 5.41) is 7.23. The fourth-order valence-electron chi connectivity index (χ4n) is 4.85. The molecule has 0 unspecified atom stereocenters. The van der Waals surface area contributed by atoms with E-state index in [0.29, 0.717) is 53.7 Å². The average Bonchev–Trinajstić information content (AvgIpc) is 3.40. The second-order valence-corrected chi connectivity index (χ2v) is 8.63. The Hall–Kier alpha value is -3.43. The summed E-state index contributed by atoms with van der Waals surface area (Å²) < 4.78 is 28.1. The van der Waals surface area contributed by atoms with Gasteiger partial charge in [0.1, 0.15) is 17.5 Å². The first-order valence-electron chi connectivity index (χ1n) is 11.0. The SMILES string of the molecule is C[C@H]1CCNC(=O)c2cnn3cc4c(nc23)N(Cc2cc(F)cnc2O1)[C@@H]1CCC[C@@H]1O4. The smallest absolute Gasteiger partial charge is 0.256 e. The van der Waals surface area contributed by atoms with Crippen LogP contribution in [0.4, 0.5) is 10.2 Å². The first kappa shape index (κ1) is 19.3. The van der Waals surface area contributed by atoms with Crippen molar-refractivity contribution in [3.05, 3.63) is 41.6 Å². The molecule has 2 aliphatic heterocycles. The molecular weight excluding hydrogens is 415 g/mol. The Labute approximate surface area is 183 Å². The molecule has 1 aliphatic carbocycles. The third kappa shape index (κ3) is 3.12. The Kier molecular flexibility index (Phi) is 4.41. The third-order valence-corrected chi connectivity index (χ3v) is 6.44. The van der Waals surface area contributed by atoms with Gasteiger partial charge in [-0.2, -0.15) is 5.10 Å². The summed E-state index contributed by atoms with van der Waals surface area (Å²) >= 11 is 0. The lowest BCUT2D eigenvalue weighted by Crippen LogP contribution is -2.47. The summed E-state index contributed by atoms with van der Waals surface area (Å²) in [5.74, 6) is 0.972. The molecule has 10 heteroatoms. The fraction of sp³-hybridized carbons (Fsp3) is 0.455. The van der Waals surface area contributed by atoms with Gasteiger partial charge in [-0.25, -0.2) is 18.9 Å². The molecule has 6 rings (SSSR count). The van der Waals surface area contributed by atoms with Crippen LogP contribution >= 0.6 is 0 Å². The molecule has 3 aliphatic rings. The van der Waals surface area contributed by atoms with Gasteiger partial charge in [0.2, 0.25) is 5.88 Å². The second kappa shape index (κ2) is 7.32. The average molecular weight is 438 g/mol. The van der Waals surface area contributed by atoms with E-state index < -0.39 is 5.82 Å². The van der Waals surface area contributed by atoms with Gasteiger partial charge < -0.3 is 19.7 Å². The van der Waals surface area contributed by atoms with Gasteiger partial charge in [0, 0.05) is 18.5 Å². The molecule has 1 fully saturated rings. The number of halogens is 1. The number of anilines is 1. The largest absolute Gasteiger partial charge is 0.483 e. The molecule has 32 heavy (non-hydrogen) atoms. The van der Waals surface area contributed by atoms with E-state index in [4.69, 9.17) is 14.5 Å². The van der Waals surface area contributed by atoms with Crippen molar-refractivity contribution in [3.8, 4) is 11.6 Å². The van der Waals surface area contributed by atoms with Crippen molar-refractivity contribution in [2.24, 2.45) is 0 Å². The van der Waals surface area contributed by atoms with Crippen LogP contribution < -0.4 is 19.7 Å². The van der Waals surface area contributed by atoms with Crippen molar-refractivity contribution in [3.63, 3.8) is 0 Å². The molecule has 0 radical (unpaired) electrons. The van der Waals surface area contributed by atoms with Crippen molar-refractivity contribution >= 4 is 17.4 Å². The minimum atomic E-state index is -0.411. The molecule has 0 aromatic carbocycles. The van der Waals surface area contributed by atoms with Crippen LogP contribution in [0.2, 0.25) is 0 Å². The first-order chi connectivity index (χ1) is 15.6. The van der Waals surface area contributed by atoms with E-state index in [1.54, 1.807) is 10.7 Å². The van der Waals surface area contributed by atoms with E-state index in [2.05, 4.69) is 20.3 Å². The Bertz CT molecular complexity index is 1210. The molecular formula is C22H23FN6O3. The molecule has 0 spiro atoms. The van der Waals surface area contributed by atoms with Gasteiger partial charge in [-0.3, -0.25) is 4.79 Å². The summed E-state index contributed by atoms with van der Waals surface area (Å²) in [6.07, 6.45) is 7.76. The summed E-state index contributed by atoms with van der Waals surface area (Å²) in [6, 6.07) is 1.57. The van der Waals surface area contributed by atoms with Gasteiger partial charge in [-0.15, -0.1) is 0 Å². The van der Waals surface area contributed by atoms with Crippen molar-refractivity contribution < 1.29 is 18.7 Å². The van der Waals surface area contributed by atoms with Crippen LogP contribution in [-0.2, 0) is 6.54 Å². The number of pyridine rings is 1. The number of carbonyl (C=O) groups is 1. The van der Waals surface area contributed by atoms with E-state index in [1.165, 1.54) is 18.5 Å². The highest BCUT2D eigenvalue weighted by molar-refractivity contribution is 5.99. The van der Waals surface area contributed by atoms with Gasteiger partial charge in [-0.1, -0.05) is 0 Å². The maximum absolute atomic E-state index is 14.2. The number of carbonyl (C=O) groups excluding carboxylic acids is 1. The molecule has 1 amide bonds. The van der Waals surface area contributed by atoms with Gasteiger partial charge >= 0.3 is 0 Å². The van der Waals surface area contributed by atoms with Crippen LogP contribution in [0, 0.1) is 5.82 Å². The number of nitrogens with one attached hydrogen (secondary N) is 1.